The van der Waals surface area contributed by atoms with Crippen molar-refractivity contribution in [3.8, 4) is 0 Å². The lowest BCUT2D eigenvalue weighted by Crippen LogP contribution is -1.85. The average molecular weight is 190 g/mol. The Morgan fingerprint density at radius 3 is 2.64 bits per heavy atom. The van der Waals surface area contributed by atoms with Crippen molar-refractivity contribution in [1.29, 1.82) is 0 Å². The molecule has 0 amide bonds. The Balaban J connectivity index is 2.54. The molecule has 1 rings (SSSR count). The summed E-state index contributed by atoms with van der Waals surface area (Å²) in [6.45, 7) is 6.46. The number of nitrogens with zero attached hydrogens (tertiary/aromatic N) is 1. The Hall–Kier alpha value is -1.31. The molecule has 14 heavy (non-hydrogen) atoms. The molecule has 0 unspecified atom stereocenters. The van der Waals surface area contributed by atoms with Gasteiger partial charge < -0.3 is 4.98 Å². The highest BCUT2D eigenvalue weighted by molar-refractivity contribution is 5.18. The van der Waals surface area contributed by atoms with Gasteiger partial charge in [0.15, 0.2) is 0 Å². The SMILES string of the molecule is CC/C(C)=C/C=C(\C)Cc1cnc[nH]1. The van der Waals surface area contributed by atoms with E-state index in [1.807, 2.05) is 6.20 Å². The molecule has 0 fully saturated rings. The second-order valence-electron chi connectivity index (χ2n) is 3.63. The highest BCUT2D eigenvalue weighted by Crippen LogP contribution is 2.05. The predicted molar refractivity (Wildman–Crippen MR) is 60.1 cm³/mol. The number of H-pyrrole nitrogens is 1. The van der Waals surface area contributed by atoms with Crippen LogP contribution in [-0.4, -0.2) is 9.97 Å². The minimum atomic E-state index is 0.952. The summed E-state index contributed by atoms with van der Waals surface area (Å²) in [5.41, 5.74) is 3.93. The monoisotopic (exact) mass is 190 g/mol. The fourth-order valence-corrected chi connectivity index (χ4v) is 1.14. The van der Waals surface area contributed by atoms with Crippen LogP contribution in [0.1, 0.15) is 32.9 Å². The molecule has 1 N–H and O–H groups in total. The number of allylic oxidation sites excluding steroid dienone is 4. The molecule has 1 aromatic heterocycles. The van der Waals surface area contributed by atoms with Crippen LogP contribution in [0.4, 0.5) is 0 Å². The average Bonchev–Trinajstić information content (AvgIpc) is 2.66. The molecule has 0 aromatic carbocycles. The zero-order valence-corrected chi connectivity index (χ0v) is 9.17. The summed E-state index contributed by atoms with van der Waals surface area (Å²) in [5, 5.41) is 0. The molecule has 1 aromatic rings. The molecule has 0 bridgehead atoms. The van der Waals surface area contributed by atoms with Gasteiger partial charge in [0, 0.05) is 18.3 Å². The third-order valence-corrected chi connectivity index (χ3v) is 2.23. The van der Waals surface area contributed by atoms with E-state index in [1.54, 1.807) is 6.33 Å². The Morgan fingerprint density at radius 2 is 2.07 bits per heavy atom. The van der Waals surface area contributed by atoms with Gasteiger partial charge >= 0.3 is 0 Å². The molecular formula is C12H18N2. The van der Waals surface area contributed by atoms with Crippen LogP contribution in [0.2, 0.25) is 0 Å². The van der Waals surface area contributed by atoms with E-state index < -0.39 is 0 Å². The second-order valence-corrected chi connectivity index (χ2v) is 3.63. The van der Waals surface area contributed by atoms with Gasteiger partial charge in [-0.3, -0.25) is 0 Å². The van der Waals surface area contributed by atoms with Gasteiger partial charge in [0.25, 0.3) is 0 Å². The number of imidazole rings is 1. The fraction of sp³-hybridized carbons (Fsp3) is 0.417. The summed E-state index contributed by atoms with van der Waals surface area (Å²) >= 11 is 0. The van der Waals surface area contributed by atoms with Gasteiger partial charge in [-0.05, 0) is 20.3 Å². The van der Waals surface area contributed by atoms with E-state index in [0.717, 1.165) is 12.8 Å². The summed E-state index contributed by atoms with van der Waals surface area (Å²) in [6, 6.07) is 0. The molecule has 0 radical (unpaired) electrons. The van der Waals surface area contributed by atoms with Gasteiger partial charge in [-0.25, -0.2) is 4.98 Å². The van der Waals surface area contributed by atoms with Crippen molar-refractivity contribution in [2.45, 2.75) is 33.6 Å². The Labute approximate surface area is 85.8 Å². The summed E-state index contributed by atoms with van der Waals surface area (Å²) in [7, 11) is 0. The van der Waals surface area contributed by atoms with E-state index >= 15 is 0 Å². The predicted octanol–water partition coefficient (Wildman–Crippen LogP) is 3.25. The molecule has 0 saturated carbocycles. The number of aromatic nitrogens is 2. The number of rotatable bonds is 4. The highest BCUT2D eigenvalue weighted by Gasteiger charge is 1.94. The number of hydrogen-bond donors (Lipinski definition) is 1. The molecule has 0 spiro atoms. The second kappa shape index (κ2) is 5.43. The Bertz CT molecular complexity index is 318. The molecular weight excluding hydrogens is 172 g/mol. The van der Waals surface area contributed by atoms with Crippen LogP contribution in [0.5, 0.6) is 0 Å². The topological polar surface area (TPSA) is 28.7 Å². The van der Waals surface area contributed by atoms with Crippen LogP contribution in [-0.2, 0) is 6.42 Å². The third-order valence-electron chi connectivity index (χ3n) is 2.23. The van der Waals surface area contributed by atoms with Gasteiger partial charge in [0.1, 0.15) is 0 Å². The number of nitrogens with one attached hydrogen (secondary N) is 1. The zero-order chi connectivity index (χ0) is 10.4. The van der Waals surface area contributed by atoms with Gasteiger partial charge in [-0.15, -0.1) is 0 Å². The summed E-state index contributed by atoms with van der Waals surface area (Å²) in [4.78, 5) is 7.09. The first-order valence-corrected chi connectivity index (χ1v) is 5.02. The van der Waals surface area contributed by atoms with Gasteiger partial charge in [0.2, 0.25) is 0 Å². The Morgan fingerprint density at radius 1 is 1.36 bits per heavy atom. The molecule has 0 aliphatic heterocycles. The first-order chi connectivity index (χ1) is 6.72. The number of aromatic amines is 1. The van der Waals surface area contributed by atoms with Crippen LogP contribution in [0.3, 0.4) is 0 Å². The van der Waals surface area contributed by atoms with E-state index in [4.69, 9.17) is 0 Å². The van der Waals surface area contributed by atoms with Crippen LogP contribution in [0, 0.1) is 0 Å². The van der Waals surface area contributed by atoms with Crippen molar-refractivity contribution >= 4 is 0 Å². The van der Waals surface area contributed by atoms with Crippen molar-refractivity contribution in [3.05, 3.63) is 41.5 Å². The quantitative estimate of drug-likeness (QED) is 0.725. The normalized spacial score (nSPS) is 13.4. The molecule has 76 valence electrons. The van der Waals surface area contributed by atoms with E-state index in [0.29, 0.717) is 0 Å². The van der Waals surface area contributed by atoms with Crippen molar-refractivity contribution in [2.24, 2.45) is 0 Å². The smallest absolute Gasteiger partial charge is 0.0921 e. The minimum absolute atomic E-state index is 0.952. The van der Waals surface area contributed by atoms with E-state index in [1.165, 1.54) is 16.8 Å². The largest absolute Gasteiger partial charge is 0.348 e. The minimum Gasteiger partial charge on any atom is -0.348 e. The van der Waals surface area contributed by atoms with Crippen molar-refractivity contribution in [3.63, 3.8) is 0 Å². The van der Waals surface area contributed by atoms with Crippen molar-refractivity contribution < 1.29 is 0 Å². The maximum Gasteiger partial charge on any atom is 0.0921 e. The Kier molecular flexibility index (Phi) is 4.17. The zero-order valence-electron chi connectivity index (χ0n) is 9.17. The van der Waals surface area contributed by atoms with E-state index in [9.17, 15) is 0 Å². The molecule has 2 nitrogen and oxygen atoms in total. The highest BCUT2D eigenvalue weighted by atomic mass is 14.9. The van der Waals surface area contributed by atoms with Crippen LogP contribution >= 0.6 is 0 Å². The third kappa shape index (κ3) is 3.60. The standard InChI is InChI=1S/C12H18N2/c1-4-10(2)5-6-11(3)7-12-8-13-9-14-12/h5-6,8-9H,4,7H2,1-3H3,(H,13,14)/b10-5+,11-6+. The molecule has 0 saturated heterocycles. The van der Waals surface area contributed by atoms with Crippen molar-refractivity contribution in [1.82, 2.24) is 9.97 Å². The number of hydrogen-bond acceptors (Lipinski definition) is 1. The van der Waals surface area contributed by atoms with Gasteiger partial charge in [-0.1, -0.05) is 30.2 Å². The molecule has 2 heteroatoms. The van der Waals surface area contributed by atoms with E-state index in [-0.39, 0.29) is 0 Å². The van der Waals surface area contributed by atoms with E-state index in [2.05, 4.69) is 42.9 Å². The van der Waals surface area contributed by atoms with Crippen LogP contribution in [0.25, 0.3) is 0 Å². The van der Waals surface area contributed by atoms with Gasteiger partial charge in [-0.2, -0.15) is 0 Å². The fourth-order valence-electron chi connectivity index (χ4n) is 1.14. The van der Waals surface area contributed by atoms with Gasteiger partial charge in [0.05, 0.1) is 6.33 Å². The maximum atomic E-state index is 3.99. The summed E-state index contributed by atoms with van der Waals surface area (Å²) in [6.07, 6.45) is 10.0. The molecule has 0 atom stereocenters. The lowest BCUT2D eigenvalue weighted by Gasteiger charge is -1.97. The first kappa shape index (κ1) is 10.8. The first-order valence-electron chi connectivity index (χ1n) is 5.02. The van der Waals surface area contributed by atoms with Crippen LogP contribution < -0.4 is 0 Å². The van der Waals surface area contributed by atoms with Crippen LogP contribution in [0.15, 0.2) is 35.8 Å². The molecule has 0 aliphatic carbocycles. The summed E-state index contributed by atoms with van der Waals surface area (Å²) in [5.74, 6) is 0. The maximum absolute atomic E-state index is 3.99. The van der Waals surface area contributed by atoms with Crippen molar-refractivity contribution in [2.75, 3.05) is 0 Å². The molecule has 1 heterocycles. The summed E-state index contributed by atoms with van der Waals surface area (Å²) < 4.78 is 0. The lowest BCUT2D eigenvalue weighted by atomic mass is 10.1. The lowest BCUT2D eigenvalue weighted by molar-refractivity contribution is 1.07. The molecule has 0 aliphatic rings.